The molecule has 8 heteroatoms. The number of nitrogens with zero attached hydrogens (tertiary/aromatic N) is 3. The minimum absolute atomic E-state index is 0.632. The normalized spacial score (nSPS) is 13.6. The first-order valence-corrected chi connectivity index (χ1v) is 12.1. The van der Waals surface area contributed by atoms with Crippen LogP contribution in [0, 0.1) is 0 Å². The molecule has 0 amide bonds. The van der Waals surface area contributed by atoms with Crippen LogP contribution in [0.5, 0.6) is 0 Å². The molecule has 22 heavy (non-hydrogen) atoms. The van der Waals surface area contributed by atoms with Gasteiger partial charge in [0.15, 0.2) is 0 Å². The molecule has 0 saturated heterocycles. The van der Waals surface area contributed by atoms with Crippen LogP contribution in [-0.2, 0) is 13.3 Å². The molecule has 0 aliphatic carbocycles. The summed E-state index contributed by atoms with van der Waals surface area (Å²) in [7, 11) is 8.47. The molecule has 0 aliphatic rings. The Labute approximate surface area is 139 Å². The second-order valence-electron chi connectivity index (χ2n) is 5.94. The average molecular weight is 352 g/mol. The maximum atomic E-state index is 6.01. The van der Waals surface area contributed by atoms with Gasteiger partial charge in [-0.05, 0) is 69.1 Å². The van der Waals surface area contributed by atoms with Crippen molar-refractivity contribution in [1.29, 1.82) is 0 Å². The van der Waals surface area contributed by atoms with E-state index in [9.17, 15) is 0 Å². The number of hydrogen-bond acceptors (Lipinski definition) is 6. The highest BCUT2D eigenvalue weighted by Crippen LogP contribution is 2.27. The Bertz CT molecular complexity index is 266. The van der Waals surface area contributed by atoms with Gasteiger partial charge in [-0.25, -0.2) is 0 Å². The topological polar surface area (TPSA) is 37.4 Å². The third-order valence-corrected chi connectivity index (χ3v) is 12.8. The lowest BCUT2D eigenvalue weighted by Gasteiger charge is -2.47. The summed E-state index contributed by atoms with van der Waals surface area (Å²) in [5.74, 6) is 0. The van der Waals surface area contributed by atoms with Crippen LogP contribution in [0.4, 0.5) is 0 Å². The third-order valence-electron chi connectivity index (χ3n) is 4.01. The molecule has 6 nitrogen and oxygen atoms in total. The molecule has 0 radical (unpaired) electrons. The summed E-state index contributed by atoms with van der Waals surface area (Å²) >= 11 is 0. The highest BCUT2D eigenvalue weighted by Gasteiger charge is 2.48. The van der Waals surface area contributed by atoms with Gasteiger partial charge < -0.3 is 27.0 Å². The van der Waals surface area contributed by atoms with Crippen molar-refractivity contribution in [3.63, 3.8) is 0 Å². The van der Waals surface area contributed by atoms with Crippen molar-refractivity contribution in [1.82, 2.24) is 13.7 Å². The van der Waals surface area contributed by atoms with E-state index in [1.54, 1.807) is 0 Å². The minimum Gasteiger partial charge on any atom is -0.374 e. The Morgan fingerprint density at radius 1 is 0.591 bits per heavy atom. The van der Waals surface area contributed by atoms with E-state index in [0.29, 0.717) is 19.8 Å². The maximum absolute atomic E-state index is 6.01. The average Bonchev–Trinajstić information content (AvgIpc) is 2.39. The van der Waals surface area contributed by atoms with Crippen molar-refractivity contribution in [2.75, 3.05) is 62.1 Å². The van der Waals surface area contributed by atoms with Crippen LogP contribution < -0.4 is 0 Å². The molecule has 0 rings (SSSR count). The van der Waals surface area contributed by atoms with Crippen LogP contribution in [0.3, 0.4) is 0 Å². The van der Waals surface area contributed by atoms with Gasteiger partial charge >= 0.3 is 8.80 Å². The Balaban J connectivity index is 5.34. The van der Waals surface area contributed by atoms with Gasteiger partial charge in [-0.2, -0.15) is 0 Å². The molecule has 0 N–H and O–H groups in total. The van der Waals surface area contributed by atoms with Gasteiger partial charge in [0.2, 0.25) is 0 Å². The summed E-state index contributed by atoms with van der Waals surface area (Å²) in [6, 6.07) is 1.87. The zero-order valence-electron chi connectivity index (χ0n) is 16.1. The van der Waals surface area contributed by atoms with Crippen molar-refractivity contribution in [2.24, 2.45) is 0 Å². The quantitative estimate of drug-likeness (QED) is 0.498. The zero-order valence-corrected chi connectivity index (χ0v) is 18.1. The molecule has 0 spiro atoms. The van der Waals surface area contributed by atoms with Gasteiger partial charge in [-0.1, -0.05) is 0 Å². The molecule has 0 aromatic rings. The van der Waals surface area contributed by atoms with Gasteiger partial charge in [-0.15, -0.1) is 0 Å². The van der Waals surface area contributed by atoms with E-state index in [-0.39, 0.29) is 0 Å². The first-order chi connectivity index (χ1) is 10.2. The summed E-state index contributed by atoms with van der Waals surface area (Å²) in [6.07, 6.45) is 0. The van der Waals surface area contributed by atoms with E-state index in [1.165, 1.54) is 0 Å². The Morgan fingerprint density at radius 2 is 0.909 bits per heavy atom. The summed E-state index contributed by atoms with van der Waals surface area (Å²) in [5, 5.41) is 0. The van der Waals surface area contributed by atoms with Crippen LogP contribution in [0.15, 0.2) is 0 Å². The first-order valence-electron chi connectivity index (χ1n) is 8.16. The van der Waals surface area contributed by atoms with Crippen LogP contribution >= 0.6 is 0 Å². The van der Waals surface area contributed by atoms with E-state index >= 15 is 0 Å². The highest BCUT2D eigenvalue weighted by atomic mass is 28.4. The fourth-order valence-corrected chi connectivity index (χ4v) is 11.5. The predicted molar refractivity (Wildman–Crippen MR) is 97.1 cm³/mol. The lowest BCUT2D eigenvalue weighted by Crippen LogP contribution is -2.70. The van der Waals surface area contributed by atoms with Crippen molar-refractivity contribution in [2.45, 2.75) is 32.9 Å². The SMILES string of the molecule is CCO[Si](CC[Si](N(C)C)(N(C)C)N(C)C)(OCC)OCC. The monoisotopic (exact) mass is 351 g/mol. The molecular formula is C14H37N3O3Si2. The van der Waals surface area contributed by atoms with Crippen molar-refractivity contribution < 1.29 is 13.3 Å². The molecule has 0 aliphatic heterocycles. The van der Waals surface area contributed by atoms with Gasteiger partial charge in [0.05, 0.1) is 0 Å². The smallest absolute Gasteiger partial charge is 0.374 e. The van der Waals surface area contributed by atoms with Gasteiger partial charge in [0.25, 0.3) is 8.56 Å². The molecule has 0 fully saturated rings. The van der Waals surface area contributed by atoms with E-state index in [2.05, 4.69) is 56.0 Å². The molecule has 0 bridgehead atoms. The van der Waals surface area contributed by atoms with Crippen molar-refractivity contribution in [3.8, 4) is 0 Å². The van der Waals surface area contributed by atoms with Crippen molar-refractivity contribution >= 4 is 17.4 Å². The summed E-state index contributed by atoms with van der Waals surface area (Å²) < 4.78 is 25.1. The molecular weight excluding hydrogens is 314 g/mol. The number of hydrogen-bond donors (Lipinski definition) is 0. The van der Waals surface area contributed by atoms with Crippen LogP contribution in [0.1, 0.15) is 20.8 Å². The van der Waals surface area contributed by atoms with Crippen LogP contribution in [0.2, 0.25) is 12.1 Å². The first kappa shape index (κ1) is 22.2. The Kier molecular flexibility index (Phi) is 10.2. The standard InChI is InChI=1S/C14H37N3O3Si2/c1-10-18-22(19-11-2,20-12-3)14-13-21(15(4)5,16(6)7)17(8)9/h10-14H2,1-9H3. The summed E-state index contributed by atoms with van der Waals surface area (Å²) in [4.78, 5) is 0. The maximum Gasteiger partial charge on any atom is 0.500 e. The highest BCUT2D eigenvalue weighted by molar-refractivity contribution is 6.73. The van der Waals surface area contributed by atoms with E-state index in [4.69, 9.17) is 13.3 Å². The van der Waals surface area contributed by atoms with Crippen LogP contribution in [0.25, 0.3) is 0 Å². The molecule has 0 atom stereocenters. The second-order valence-corrected chi connectivity index (χ2v) is 13.4. The van der Waals surface area contributed by atoms with E-state index in [1.807, 2.05) is 20.8 Å². The summed E-state index contributed by atoms with van der Waals surface area (Å²) in [5.41, 5.74) is 0. The van der Waals surface area contributed by atoms with Crippen LogP contribution in [-0.4, -0.2) is 93.2 Å². The van der Waals surface area contributed by atoms with Crippen molar-refractivity contribution in [3.05, 3.63) is 0 Å². The lowest BCUT2D eigenvalue weighted by atomic mass is 10.9. The summed E-state index contributed by atoms with van der Waals surface area (Å²) in [6.45, 7) is 7.92. The Hall–Kier alpha value is 0.194. The number of rotatable bonds is 12. The molecule has 134 valence electrons. The molecule has 0 heterocycles. The minimum atomic E-state index is -2.59. The molecule has 0 unspecified atom stereocenters. The van der Waals surface area contributed by atoms with Gasteiger partial charge in [0, 0.05) is 25.9 Å². The molecule has 0 aromatic heterocycles. The fourth-order valence-electron chi connectivity index (χ4n) is 3.19. The second kappa shape index (κ2) is 10.1. The van der Waals surface area contributed by atoms with E-state index in [0.717, 1.165) is 12.1 Å². The lowest BCUT2D eigenvalue weighted by molar-refractivity contribution is 0.0720. The van der Waals surface area contributed by atoms with Gasteiger partial charge in [-0.3, -0.25) is 0 Å². The Morgan fingerprint density at radius 3 is 1.14 bits per heavy atom. The van der Waals surface area contributed by atoms with Gasteiger partial charge in [0.1, 0.15) is 0 Å². The fraction of sp³-hybridized carbons (Fsp3) is 1.00. The molecule has 0 aromatic carbocycles. The van der Waals surface area contributed by atoms with E-state index < -0.39 is 17.4 Å². The predicted octanol–water partition coefficient (Wildman–Crippen LogP) is 1.66. The third kappa shape index (κ3) is 5.38. The zero-order chi connectivity index (χ0) is 17.4. The molecule has 0 saturated carbocycles. The largest absolute Gasteiger partial charge is 0.500 e.